The molecule has 18 heavy (non-hydrogen) atoms. The van der Waals surface area contributed by atoms with Gasteiger partial charge in [-0.1, -0.05) is 6.07 Å². The van der Waals surface area contributed by atoms with Crippen LogP contribution in [0.5, 0.6) is 0 Å². The quantitative estimate of drug-likeness (QED) is 0.820. The van der Waals surface area contributed by atoms with E-state index in [1.54, 1.807) is 0 Å². The first-order valence-corrected chi connectivity index (χ1v) is 5.91. The van der Waals surface area contributed by atoms with Crippen LogP contribution in [0.15, 0.2) is 18.2 Å². The van der Waals surface area contributed by atoms with E-state index in [2.05, 4.69) is 11.1 Å². The fourth-order valence-corrected chi connectivity index (χ4v) is 2.31. The Morgan fingerprint density at radius 1 is 1.50 bits per heavy atom. The van der Waals surface area contributed by atoms with Gasteiger partial charge in [0.05, 0.1) is 11.8 Å². The minimum absolute atomic E-state index is 0.387. The molecule has 0 radical (unpaired) electrons. The monoisotopic (exact) mass is 245 g/mol. The molecule has 2 rings (SSSR count). The van der Waals surface area contributed by atoms with Crippen molar-refractivity contribution >= 4 is 6.09 Å². The van der Waals surface area contributed by atoms with Gasteiger partial charge in [-0.2, -0.15) is 5.26 Å². The largest absolute Gasteiger partial charge is 0.465 e. The first-order valence-electron chi connectivity index (χ1n) is 5.91. The number of nitriles is 1. The number of carbonyl (C=O) groups is 1. The van der Waals surface area contributed by atoms with E-state index in [1.807, 2.05) is 25.1 Å². The molecule has 1 aliphatic heterocycles. The molecule has 5 heteroatoms. The summed E-state index contributed by atoms with van der Waals surface area (Å²) in [4.78, 5) is 16.6. The summed E-state index contributed by atoms with van der Waals surface area (Å²) in [6.45, 7) is 2.66. The van der Waals surface area contributed by atoms with Gasteiger partial charge in [0, 0.05) is 18.8 Å². The highest BCUT2D eigenvalue weighted by Gasteiger charge is 2.38. The second kappa shape index (κ2) is 4.65. The van der Waals surface area contributed by atoms with E-state index >= 15 is 0 Å². The van der Waals surface area contributed by atoms with Crippen molar-refractivity contribution in [1.82, 2.24) is 9.88 Å². The van der Waals surface area contributed by atoms with Gasteiger partial charge in [0.15, 0.2) is 0 Å². The Hall–Kier alpha value is -2.09. The van der Waals surface area contributed by atoms with Crippen LogP contribution in [0.2, 0.25) is 0 Å². The van der Waals surface area contributed by atoms with Crippen LogP contribution in [0.1, 0.15) is 24.2 Å². The number of amides is 1. The normalized spacial score (nSPS) is 18.1. The Labute approximate surface area is 106 Å². The van der Waals surface area contributed by atoms with Gasteiger partial charge in [0.1, 0.15) is 5.41 Å². The predicted molar refractivity (Wildman–Crippen MR) is 65.1 cm³/mol. The molecule has 5 nitrogen and oxygen atoms in total. The lowest BCUT2D eigenvalue weighted by Crippen LogP contribution is -2.44. The third-order valence-corrected chi connectivity index (χ3v) is 3.48. The van der Waals surface area contributed by atoms with E-state index in [1.165, 1.54) is 4.90 Å². The molecule has 1 fully saturated rings. The Morgan fingerprint density at radius 2 is 2.17 bits per heavy atom. The molecular formula is C13H15N3O2. The van der Waals surface area contributed by atoms with E-state index in [4.69, 9.17) is 5.11 Å². The van der Waals surface area contributed by atoms with Gasteiger partial charge in [-0.15, -0.1) is 0 Å². The Bertz CT molecular complexity index is 499. The van der Waals surface area contributed by atoms with Crippen LogP contribution in [-0.2, 0) is 5.41 Å². The van der Waals surface area contributed by atoms with Crippen LogP contribution < -0.4 is 0 Å². The number of nitrogens with zero attached hydrogens (tertiary/aromatic N) is 3. The molecule has 94 valence electrons. The number of piperidine rings is 1. The lowest BCUT2D eigenvalue weighted by Gasteiger charge is -2.35. The SMILES string of the molecule is Cc1cccc(C2(C#N)CCN(C(=O)O)CC2)n1. The minimum Gasteiger partial charge on any atom is -0.465 e. The van der Waals surface area contributed by atoms with E-state index in [0.717, 1.165) is 11.4 Å². The van der Waals surface area contributed by atoms with Gasteiger partial charge in [0.25, 0.3) is 0 Å². The number of carboxylic acid groups (broad SMARTS) is 1. The summed E-state index contributed by atoms with van der Waals surface area (Å²) in [5.74, 6) is 0. The Morgan fingerprint density at radius 3 is 2.67 bits per heavy atom. The number of aromatic nitrogens is 1. The van der Waals surface area contributed by atoms with Gasteiger partial charge in [-0.25, -0.2) is 4.79 Å². The van der Waals surface area contributed by atoms with Crippen molar-refractivity contribution in [3.8, 4) is 6.07 Å². The summed E-state index contributed by atoms with van der Waals surface area (Å²) in [6, 6.07) is 7.97. The van der Waals surface area contributed by atoms with Crippen molar-refractivity contribution in [1.29, 1.82) is 5.26 Å². The molecular weight excluding hydrogens is 230 g/mol. The molecule has 0 spiro atoms. The second-order valence-corrected chi connectivity index (χ2v) is 4.63. The topological polar surface area (TPSA) is 77.2 Å². The molecule has 1 aromatic rings. The summed E-state index contributed by atoms with van der Waals surface area (Å²) in [5, 5.41) is 18.4. The smallest absolute Gasteiger partial charge is 0.407 e. The predicted octanol–water partition coefficient (Wildman–Crippen LogP) is 1.93. The van der Waals surface area contributed by atoms with Crippen LogP contribution >= 0.6 is 0 Å². The number of hydrogen-bond acceptors (Lipinski definition) is 3. The van der Waals surface area contributed by atoms with Gasteiger partial charge in [-0.3, -0.25) is 4.98 Å². The molecule has 0 atom stereocenters. The number of pyridine rings is 1. The van der Waals surface area contributed by atoms with Gasteiger partial charge in [-0.05, 0) is 31.9 Å². The van der Waals surface area contributed by atoms with E-state index in [0.29, 0.717) is 25.9 Å². The van der Waals surface area contributed by atoms with E-state index in [9.17, 15) is 10.1 Å². The molecule has 0 aliphatic carbocycles. The fourth-order valence-electron chi connectivity index (χ4n) is 2.31. The maximum absolute atomic E-state index is 10.9. The summed E-state index contributed by atoms with van der Waals surface area (Å²) in [7, 11) is 0. The zero-order valence-corrected chi connectivity index (χ0v) is 10.3. The van der Waals surface area contributed by atoms with Gasteiger partial charge < -0.3 is 10.0 Å². The molecule has 1 N–H and O–H groups in total. The average Bonchev–Trinajstić information content (AvgIpc) is 2.38. The average molecular weight is 245 g/mol. The molecule has 0 saturated carbocycles. The number of likely N-dealkylation sites (tertiary alicyclic amines) is 1. The van der Waals surface area contributed by atoms with Crippen molar-refractivity contribution < 1.29 is 9.90 Å². The van der Waals surface area contributed by atoms with Gasteiger partial charge in [0.2, 0.25) is 0 Å². The van der Waals surface area contributed by atoms with Crippen molar-refractivity contribution in [2.75, 3.05) is 13.1 Å². The van der Waals surface area contributed by atoms with E-state index < -0.39 is 11.5 Å². The highest BCUT2D eigenvalue weighted by Crippen LogP contribution is 2.33. The molecule has 0 aromatic carbocycles. The molecule has 1 aliphatic rings. The zero-order valence-electron chi connectivity index (χ0n) is 10.3. The third-order valence-electron chi connectivity index (χ3n) is 3.48. The van der Waals surface area contributed by atoms with Crippen molar-refractivity contribution in [2.24, 2.45) is 0 Å². The zero-order chi connectivity index (χ0) is 13.2. The summed E-state index contributed by atoms with van der Waals surface area (Å²) in [6.07, 6.45) is 0.0946. The molecule has 1 saturated heterocycles. The molecule has 1 amide bonds. The highest BCUT2D eigenvalue weighted by molar-refractivity contribution is 5.65. The van der Waals surface area contributed by atoms with Crippen molar-refractivity contribution in [3.05, 3.63) is 29.6 Å². The standard InChI is InChI=1S/C13H15N3O2/c1-10-3-2-4-11(15-10)13(9-14)5-7-16(8-6-13)12(17)18/h2-4H,5-8H2,1H3,(H,17,18). The molecule has 0 bridgehead atoms. The summed E-state index contributed by atoms with van der Waals surface area (Å²) < 4.78 is 0. The number of aryl methyl sites for hydroxylation is 1. The number of rotatable bonds is 1. The van der Waals surface area contributed by atoms with Crippen LogP contribution in [-0.4, -0.2) is 34.2 Å². The van der Waals surface area contributed by atoms with Crippen molar-refractivity contribution in [2.45, 2.75) is 25.2 Å². The summed E-state index contributed by atoms with van der Waals surface area (Å²) >= 11 is 0. The van der Waals surface area contributed by atoms with Crippen molar-refractivity contribution in [3.63, 3.8) is 0 Å². The lowest BCUT2D eigenvalue weighted by atomic mass is 9.76. The highest BCUT2D eigenvalue weighted by atomic mass is 16.4. The minimum atomic E-state index is -0.918. The van der Waals surface area contributed by atoms with Crippen LogP contribution in [0.3, 0.4) is 0 Å². The second-order valence-electron chi connectivity index (χ2n) is 4.63. The van der Waals surface area contributed by atoms with Crippen LogP contribution in [0.25, 0.3) is 0 Å². The first-order chi connectivity index (χ1) is 8.57. The summed E-state index contributed by atoms with van der Waals surface area (Å²) in [5.41, 5.74) is 0.996. The Balaban J connectivity index is 2.25. The van der Waals surface area contributed by atoms with E-state index in [-0.39, 0.29) is 0 Å². The van der Waals surface area contributed by atoms with Crippen LogP contribution in [0.4, 0.5) is 4.79 Å². The number of hydrogen-bond donors (Lipinski definition) is 1. The maximum atomic E-state index is 10.9. The third kappa shape index (κ3) is 2.14. The molecule has 2 heterocycles. The maximum Gasteiger partial charge on any atom is 0.407 e. The first kappa shape index (κ1) is 12.4. The molecule has 0 unspecified atom stereocenters. The fraction of sp³-hybridized carbons (Fsp3) is 0.462. The van der Waals surface area contributed by atoms with Gasteiger partial charge >= 0.3 is 6.09 Å². The Kier molecular flexibility index (Phi) is 3.19. The molecule has 1 aromatic heterocycles. The lowest BCUT2D eigenvalue weighted by molar-refractivity contribution is 0.124. The van der Waals surface area contributed by atoms with Crippen LogP contribution in [0, 0.1) is 18.3 Å².